The molecule has 0 spiro atoms. The summed E-state index contributed by atoms with van der Waals surface area (Å²) in [6, 6.07) is 16.2. The number of nitrogens with one attached hydrogen (secondary N) is 2. The van der Waals surface area contributed by atoms with Crippen LogP contribution in [0, 0.1) is 0 Å². The highest BCUT2D eigenvalue weighted by Crippen LogP contribution is 2.27. The van der Waals surface area contributed by atoms with Gasteiger partial charge in [0.2, 0.25) is 0 Å². The molecule has 0 aliphatic heterocycles. The molecule has 0 radical (unpaired) electrons. The zero-order chi connectivity index (χ0) is 22.1. The van der Waals surface area contributed by atoms with E-state index in [9.17, 15) is 0 Å². The Morgan fingerprint density at radius 1 is 1.10 bits per heavy atom. The van der Waals surface area contributed by atoms with Gasteiger partial charge in [-0.25, -0.2) is 4.98 Å². The molecule has 0 aliphatic carbocycles. The van der Waals surface area contributed by atoms with E-state index in [1.807, 2.05) is 49.6 Å². The number of ether oxygens (including phenoxy) is 2. The molecule has 0 aliphatic rings. The molecule has 1 heterocycles. The van der Waals surface area contributed by atoms with E-state index < -0.39 is 0 Å². The molecule has 0 bridgehead atoms. The van der Waals surface area contributed by atoms with Crippen LogP contribution in [0.1, 0.15) is 18.3 Å². The van der Waals surface area contributed by atoms with Crippen LogP contribution in [0.3, 0.4) is 0 Å². The van der Waals surface area contributed by atoms with E-state index in [4.69, 9.17) is 14.5 Å². The summed E-state index contributed by atoms with van der Waals surface area (Å²) in [4.78, 5) is 14.8. The number of aliphatic imine (C=N–C) groups is 1. The fourth-order valence-corrected chi connectivity index (χ4v) is 3.30. The predicted octanol–water partition coefficient (Wildman–Crippen LogP) is 3.73. The van der Waals surface area contributed by atoms with Crippen molar-refractivity contribution in [2.75, 3.05) is 34.4 Å². The smallest absolute Gasteiger partial charge is 0.194 e. The molecule has 1 aromatic heterocycles. The van der Waals surface area contributed by atoms with Crippen LogP contribution in [0.2, 0.25) is 0 Å². The van der Waals surface area contributed by atoms with Crippen LogP contribution >= 0.6 is 0 Å². The van der Waals surface area contributed by atoms with Crippen molar-refractivity contribution in [3.8, 4) is 22.8 Å². The van der Waals surface area contributed by atoms with Crippen LogP contribution in [-0.2, 0) is 13.0 Å². The van der Waals surface area contributed by atoms with Gasteiger partial charge in [0.05, 0.1) is 32.7 Å². The first-order valence-corrected chi connectivity index (χ1v) is 10.4. The van der Waals surface area contributed by atoms with Crippen LogP contribution < -0.4 is 14.8 Å². The van der Waals surface area contributed by atoms with Crippen molar-refractivity contribution < 1.29 is 9.47 Å². The molecular weight excluding hydrogens is 390 g/mol. The highest BCUT2D eigenvalue weighted by Gasteiger charge is 2.10. The van der Waals surface area contributed by atoms with Gasteiger partial charge in [0.25, 0.3) is 0 Å². The lowest BCUT2D eigenvalue weighted by molar-refractivity contribution is 0.354. The van der Waals surface area contributed by atoms with Crippen LogP contribution in [0.25, 0.3) is 11.3 Å². The molecule has 164 valence electrons. The van der Waals surface area contributed by atoms with Crippen molar-refractivity contribution >= 4 is 5.96 Å². The topological polar surface area (TPSA) is 74.8 Å². The average molecular weight is 422 g/mol. The van der Waals surface area contributed by atoms with Crippen LogP contribution in [0.5, 0.6) is 11.5 Å². The monoisotopic (exact) mass is 421 g/mol. The summed E-state index contributed by atoms with van der Waals surface area (Å²) < 4.78 is 10.7. The number of H-pyrrole nitrogens is 1. The third kappa shape index (κ3) is 6.01. The van der Waals surface area contributed by atoms with Crippen LogP contribution in [0.4, 0.5) is 0 Å². The second kappa shape index (κ2) is 11.1. The van der Waals surface area contributed by atoms with Crippen LogP contribution in [0.15, 0.2) is 59.7 Å². The minimum absolute atomic E-state index is 0.634. The summed E-state index contributed by atoms with van der Waals surface area (Å²) in [7, 11) is 5.31. The number of hydrogen-bond acceptors (Lipinski definition) is 4. The van der Waals surface area contributed by atoms with Crippen molar-refractivity contribution in [2.45, 2.75) is 19.9 Å². The summed E-state index contributed by atoms with van der Waals surface area (Å²) in [5.74, 6) is 3.21. The van der Waals surface area contributed by atoms with Gasteiger partial charge in [-0.3, -0.25) is 4.99 Å². The molecule has 0 fully saturated rings. The van der Waals surface area contributed by atoms with E-state index in [0.717, 1.165) is 53.1 Å². The molecule has 0 saturated carbocycles. The van der Waals surface area contributed by atoms with E-state index in [1.165, 1.54) is 0 Å². The minimum atomic E-state index is 0.634. The van der Waals surface area contributed by atoms with Gasteiger partial charge in [0.15, 0.2) is 17.5 Å². The SMILES string of the molecule is CCNC(=NCCc1ccc(OC)c(OC)c1)N(C)Cc1ncc(-c2ccccc2)[nH]1. The van der Waals surface area contributed by atoms with Gasteiger partial charge >= 0.3 is 0 Å². The second-order valence-corrected chi connectivity index (χ2v) is 7.14. The molecular formula is C24H31N5O2. The van der Waals surface area contributed by atoms with Gasteiger partial charge in [-0.1, -0.05) is 36.4 Å². The number of rotatable bonds is 9. The molecule has 0 atom stereocenters. The van der Waals surface area contributed by atoms with E-state index in [1.54, 1.807) is 14.2 Å². The molecule has 7 nitrogen and oxygen atoms in total. The number of methoxy groups -OCH3 is 2. The van der Waals surface area contributed by atoms with E-state index in [-0.39, 0.29) is 0 Å². The number of hydrogen-bond donors (Lipinski definition) is 2. The molecule has 0 saturated heterocycles. The fraction of sp³-hybridized carbons (Fsp3) is 0.333. The van der Waals surface area contributed by atoms with Gasteiger partial charge in [0.1, 0.15) is 5.82 Å². The Labute approximate surface area is 184 Å². The summed E-state index contributed by atoms with van der Waals surface area (Å²) in [5, 5.41) is 3.36. The van der Waals surface area contributed by atoms with Gasteiger partial charge in [-0.2, -0.15) is 0 Å². The van der Waals surface area contributed by atoms with Crippen molar-refractivity contribution in [2.24, 2.45) is 4.99 Å². The number of benzene rings is 2. The average Bonchev–Trinajstić information content (AvgIpc) is 3.27. The van der Waals surface area contributed by atoms with Crippen LogP contribution in [-0.4, -0.2) is 55.2 Å². The third-order valence-corrected chi connectivity index (χ3v) is 4.91. The first-order valence-electron chi connectivity index (χ1n) is 10.4. The van der Waals surface area contributed by atoms with Crippen molar-refractivity contribution in [3.05, 3.63) is 66.1 Å². The summed E-state index contributed by atoms with van der Waals surface area (Å²) in [6.45, 7) is 4.16. The number of imidazole rings is 1. The zero-order valence-electron chi connectivity index (χ0n) is 18.7. The zero-order valence-corrected chi connectivity index (χ0v) is 18.7. The van der Waals surface area contributed by atoms with E-state index in [0.29, 0.717) is 13.1 Å². The predicted molar refractivity (Wildman–Crippen MR) is 125 cm³/mol. The highest BCUT2D eigenvalue weighted by atomic mass is 16.5. The number of nitrogens with zero attached hydrogens (tertiary/aromatic N) is 3. The summed E-state index contributed by atoms with van der Waals surface area (Å²) >= 11 is 0. The maximum atomic E-state index is 5.39. The highest BCUT2D eigenvalue weighted by molar-refractivity contribution is 5.79. The van der Waals surface area contributed by atoms with Crippen molar-refractivity contribution in [1.82, 2.24) is 20.2 Å². The largest absolute Gasteiger partial charge is 0.493 e. The van der Waals surface area contributed by atoms with E-state index in [2.05, 4.69) is 39.2 Å². The van der Waals surface area contributed by atoms with Gasteiger partial charge in [-0.15, -0.1) is 0 Å². The number of aromatic amines is 1. The molecule has 0 unspecified atom stereocenters. The lowest BCUT2D eigenvalue weighted by Crippen LogP contribution is -2.38. The Morgan fingerprint density at radius 2 is 1.87 bits per heavy atom. The Morgan fingerprint density at radius 3 is 2.58 bits per heavy atom. The minimum Gasteiger partial charge on any atom is -0.493 e. The number of guanidine groups is 1. The first-order chi connectivity index (χ1) is 15.1. The van der Waals surface area contributed by atoms with Crippen molar-refractivity contribution in [3.63, 3.8) is 0 Å². The molecule has 31 heavy (non-hydrogen) atoms. The summed E-state index contributed by atoms with van der Waals surface area (Å²) in [5.41, 5.74) is 3.29. The maximum Gasteiger partial charge on any atom is 0.194 e. The Kier molecular flexibility index (Phi) is 7.92. The molecule has 0 amide bonds. The molecule has 7 heteroatoms. The Hall–Kier alpha value is -3.48. The normalized spacial score (nSPS) is 11.3. The lowest BCUT2D eigenvalue weighted by atomic mass is 10.1. The Bertz CT molecular complexity index is 985. The lowest BCUT2D eigenvalue weighted by Gasteiger charge is -2.21. The molecule has 2 aromatic carbocycles. The second-order valence-electron chi connectivity index (χ2n) is 7.14. The molecule has 3 aromatic rings. The molecule has 3 rings (SSSR count). The maximum absolute atomic E-state index is 5.39. The quantitative estimate of drug-likeness (QED) is 0.407. The fourth-order valence-electron chi connectivity index (χ4n) is 3.30. The van der Waals surface area contributed by atoms with E-state index >= 15 is 0 Å². The first kappa shape index (κ1) is 22.2. The standard InChI is InChI=1S/C24H31N5O2/c1-5-25-24(26-14-13-18-11-12-21(30-3)22(15-18)31-4)29(2)17-23-27-16-20(28-23)19-9-7-6-8-10-19/h6-12,15-16H,5,13-14,17H2,1-4H3,(H,25,26)(H,27,28). The Balaban J connectivity index is 1.63. The van der Waals surface area contributed by atoms with Gasteiger partial charge in [0, 0.05) is 20.1 Å². The van der Waals surface area contributed by atoms with Crippen molar-refractivity contribution in [1.29, 1.82) is 0 Å². The van der Waals surface area contributed by atoms with Gasteiger partial charge in [-0.05, 0) is 36.6 Å². The number of aromatic nitrogens is 2. The molecule has 2 N–H and O–H groups in total. The summed E-state index contributed by atoms with van der Waals surface area (Å²) in [6.07, 6.45) is 2.68. The third-order valence-electron chi connectivity index (χ3n) is 4.91. The van der Waals surface area contributed by atoms with Gasteiger partial charge < -0.3 is 24.7 Å².